The summed E-state index contributed by atoms with van der Waals surface area (Å²) >= 11 is 0. The van der Waals surface area contributed by atoms with E-state index in [9.17, 15) is 9.90 Å². The van der Waals surface area contributed by atoms with E-state index in [1.807, 2.05) is 24.3 Å². The molecule has 1 amide bonds. The van der Waals surface area contributed by atoms with Gasteiger partial charge in [0.05, 0.1) is 13.2 Å². The number of aliphatic hydroxyl groups is 1. The molecule has 0 bridgehead atoms. The molecule has 0 unspecified atom stereocenters. The lowest BCUT2D eigenvalue weighted by molar-refractivity contribution is -0.156. The van der Waals surface area contributed by atoms with Crippen molar-refractivity contribution in [1.29, 1.82) is 0 Å². The van der Waals surface area contributed by atoms with Crippen molar-refractivity contribution < 1.29 is 19.4 Å². The van der Waals surface area contributed by atoms with E-state index in [1.165, 1.54) is 51.4 Å². The predicted molar refractivity (Wildman–Crippen MR) is 120 cm³/mol. The largest absolute Gasteiger partial charge is 0.459 e. The lowest BCUT2D eigenvalue weighted by Crippen LogP contribution is -2.40. The molecule has 2 N–H and O–H groups in total. The Bertz CT molecular complexity index is 732. The van der Waals surface area contributed by atoms with Gasteiger partial charge in [0, 0.05) is 12.5 Å². The number of allylic oxidation sites excluding steroid dienone is 1. The van der Waals surface area contributed by atoms with Gasteiger partial charge in [-0.25, -0.2) is 0 Å². The topological polar surface area (TPSA) is 67.8 Å². The molecule has 0 aromatic heterocycles. The van der Waals surface area contributed by atoms with Gasteiger partial charge in [-0.1, -0.05) is 62.8 Å². The van der Waals surface area contributed by atoms with Crippen LogP contribution in [0.1, 0.15) is 81.8 Å². The average molecular weight is 428 g/mol. The van der Waals surface area contributed by atoms with Crippen LogP contribution >= 0.6 is 0 Å². The molecule has 0 saturated heterocycles. The van der Waals surface area contributed by atoms with Gasteiger partial charge < -0.3 is 19.9 Å². The lowest BCUT2D eigenvalue weighted by atomic mass is 9.77. The summed E-state index contributed by atoms with van der Waals surface area (Å²) in [5, 5.41) is 12.4. The van der Waals surface area contributed by atoms with Gasteiger partial charge >= 0.3 is 0 Å². The molecule has 31 heavy (non-hydrogen) atoms. The van der Waals surface area contributed by atoms with E-state index in [1.54, 1.807) is 0 Å². The Kier molecular flexibility index (Phi) is 8.03. The van der Waals surface area contributed by atoms with Crippen molar-refractivity contribution >= 4 is 5.91 Å². The Labute approximate surface area is 186 Å². The van der Waals surface area contributed by atoms with Gasteiger partial charge in [0.25, 0.3) is 5.91 Å². The van der Waals surface area contributed by atoms with Crippen molar-refractivity contribution in [1.82, 2.24) is 5.32 Å². The first-order valence-corrected chi connectivity index (χ1v) is 12.2. The number of rotatable bonds is 7. The Hall–Kier alpha value is -1.85. The molecule has 3 aliphatic rings. The number of hydrogen-bond acceptors (Lipinski definition) is 4. The maximum absolute atomic E-state index is 13.0. The van der Waals surface area contributed by atoms with Gasteiger partial charge in [-0.15, -0.1) is 0 Å². The molecule has 5 nitrogen and oxygen atoms in total. The molecular weight excluding hydrogens is 390 g/mol. The fourth-order valence-electron chi connectivity index (χ4n) is 5.27. The van der Waals surface area contributed by atoms with E-state index in [-0.39, 0.29) is 18.6 Å². The minimum atomic E-state index is -0.401. The second kappa shape index (κ2) is 11.1. The highest BCUT2D eigenvalue weighted by atomic mass is 16.7. The number of aliphatic hydroxyl groups excluding tert-OH is 1. The lowest BCUT2D eigenvalue weighted by Gasteiger charge is -2.35. The van der Waals surface area contributed by atoms with Gasteiger partial charge in [-0.2, -0.15) is 0 Å². The quantitative estimate of drug-likeness (QED) is 0.645. The number of nitrogens with one attached hydrogen (secondary N) is 1. The van der Waals surface area contributed by atoms with Gasteiger partial charge in [-0.3, -0.25) is 4.79 Å². The van der Waals surface area contributed by atoms with Crippen LogP contribution in [0.3, 0.4) is 0 Å². The second-order valence-corrected chi connectivity index (χ2v) is 9.47. The van der Waals surface area contributed by atoms with Crippen molar-refractivity contribution in [2.45, 2.75) is 96.2 Å². The number of amides is 1. The first kappa shape index (κ1) is 22.3. The van der Waals surface area contributed by atoms with Crippen LogP contribution in [0.15, 0.2) is 36.1 Å². The molecule has 1 aliphatic heterocycles. The fraction of sp³-hybridized carbons (Fsp3) is 0.654. The summed E-state index contributed by atoms with van der Waals surface area (Å²) < 4.78 is 12.2. The molecule has 1 aromatic rings. The van der Waals surface area contributed by atoms with Crippen molar-refractivity contribution in [3.8, 4) is 0 Å². The molecule has 2 saturated carbocycles. The molecule has 1 aromatic carbocycles. The first-order chi connectivity index (χ1) is 15.2. The Morgan fingerprint density at radius 3 is 2.29 bits per heavy atom. The van der Waals surface area contributed by atoms with Crippen LogP contribution in [-0.4, -0.2) is 23.3 Å². The molecular formula is C26H37NO4. The van der Waals surface area contributed by atoms with Gasteiger partial charge in [-0.05, 0) is 54.7 Å². The van der Waals surface area contributed by atoms with Crippen LogP contribution in [0.2, 0.25) is 0 Å². The van der Waals surface area contributed by atoms with Gasteiger partial charge in [0.1, 0.15) is 0 Å². The molecule has 2 fully saturated rings. The van der Waals surface area contributed by atoms with Crippen LogP contribution in [-0.2, 0) is 27.5 Å². The Balaban J connectivity index is 1.40. The third-order valence-electron chi connectivity index (χ3n) is 7.15. The van der Waals surface area contributed by atoms with Crippen molar-refractivity contribution in [2.75, 3.05) is 0 Å². The maximum Gasteiger partial charge on any atom is 0.286 e. The van der Waals surface area contributed by atoms with Crippen LogP contribution in [0.25, 0.3) is 0 Å². The summed E-state index contributed by atoms with van der Waals surface area (Å²) in [6.07, 6.45) is 14.6. The number of ether oxygens (including phenoxy) is 2. The smallest absolute Gasteiger partial charge is 0.286 e. The second-order valence-electron chi connectivity index (χ2n) is 9.47. The molecule has 2 aliphatic carbocycles. The standard InChI is InChI=1S/C26H37NO4/c28-17-19-11-13-20(14-12-19)18-30-25-16-22(21-7-3-1-4-8-21)15-24(31-25)26(29)27-23-9-5-2-6-10-23/h11-15,21-23,25,28H,1-10,16-18H2,(H,27,29)/t22-,25+/m0/s1. The summed E-state index contributed by atoms with van der Waals surface area (Å²) in [5.74, 6) is 1.33. The highest BCUT2D eigenvalue weighted by molar-refractivity contribution is 5.91. The predicted octanol–water partition coefficient (Wildman–Crippen LogP) is 4.97. The summed E-state index contributed by atoms with van der Waals surface area (Å²) in [5.41, 5.74) is 1.93. The number of carbonyl (C=O) groups is 1. The third-order valence-corrected chi connectivity index (χ3v) is 7.15. The van der Waals surface area contributed by atoms with Crippen LogP contribution in [0, 0.1) is 11.8 Å². The fourth-order valence-corrected chi connectivity index (χ4v) is 5.27. The third kappa shape index (κ3) is 6.33. The SMILES string of the molecule is O=C(NC1CCCCC1)C1=C[C@H](C2CCCCC2)C[C@H](OCc2ccc(CO)cc2)O1. The summed E-state index contributed by atoms with van der Waals surface area (Å²) in [4.78, 5) is 13.0. The van der Waals surface area contributed by atoms with Crippen LogP contribution in [0.5, 0.6) is 0 Å². The van der Waals surface area contributed by atoms with E-state index < -0.39 is 6.29 Å². The molecule has 0 radical (unpaired) electrons. The normalized spacial score (nSPS) is 25.5. The van der Waals surface area contributed by atoms with E-state index in [0.29, 0.717) is 24.2 Å². The summed E-state index contributed by atoms with van der Waals surface area (Å²) in [6, 6.07) is 8.03. The van der Waals surface area contributed by atoms with Crippen molar-refractivity contribution in [2.24, 2.45) is 11.8 Å². The number of carbonyl (C=O) groups excluding carboxylic acids is 1. The maximum atomic E-state index is 13.0. The van der Waals surface area contributed by atoms with Crippen molar-refractivity contribution in [3.05, 3.63) is 47.2 Å². The van der Waals surface area contributed by atoms with Gasteiger partial charge in [0.15, 0.2) is 5.76 Å². The minimum absolute atomic E-state index is 0.0419. The van der Waals surface area contributed by atoms with Crippen molar-refractivity contribution in [3.63, 3.8) is 0 Å². The Morgan fingerprint density at radius 2 is 1.61 bits per heavy atom. The van der Waals surface area contributed by atoms with Crippen LogP contribution in [0.4, 0.5) is 0 Å². The summed E-state index contributed by atoms with van der Waals surface area (Å²) in [6.45, 7) is 0.478. The van der Waals surface area contributed by atoms with Crippen LogP contribution < -0.4 is 5.32 Å². The number of benzene rings is 1. The number of hydrogen-bond donors (Lipinski definition) is 2. The molecule has 4 rings (SSSR count). The zero-order chi connectivity index (χ0) is 21.5. The van der Waals surface area contributed by atoms with E-state index >= 15 is 0 Å². The van der Waals surface area contributed by atoms with E-state index in [0.717, 1.165) is 30.4 Å². The minimum Gasteiger partial charge on any atom is -0.459 e. The molecule has 1 heterocycles. The van der Waals surface area contributed by atoms with E-state index in [4.69, 9.17) is 9.47 Å². The monoisotopic (exact) mass is 427 g/mol. The summed E-state index contributed by atoms with van der Waals surface area (Å²) in [7, 11) is 0. The molecule has 2 atom stereocenters. The zero-order valence-electron chi connectivity index (χ0n) is 18.6. The average Bonchev–Trinajstić information content (AvgIpc) is 2.84. The highest BCUT2D eigenvalue weighted by Gasteiger charge is 2.33. The molecule has 170 valence electrons. The molecule has 0 spiro atoms. The molecule has 5 heteroatoms. The highest BCUT2D eigenvalue weighted by Crippen LogP contribution is 2.37. The van der Waals surface area contributed by atoms with E-state index in [2.05, 4.69) is 11.4 Å². The Morgan fingerprint density at radius 1 is 0.968 bits per heavy atom. The first-order valence-electron chi connectivity index (χ1n) is 12.2. The van der Waals surface area contributed by atoms with Gasteiger partial charge in [0.2, 0.25) is 6.29 Å². The zero-order valence-corrected chi connectivity index (χ0v) is 18.6.